The van der Waals surface area contributed by atoms with E-state index in [1.165, 1.54) is 12.1 Å². The maximum absolute atomic E-state index is 13.2. The molecule has 0 atom stereocenters. The maximum atomic E-state index is 13.2. The van der Waals surface area contributed by atoms with Gasteiger partial charge in [0, 0.05) is 26.7 Å². The van der Waals surface area contributed by atoms with Crippen LogP contribution in [0.2, 0.25) is 0 Å². The van der Waals surface area contributed by atoms with Gasteiger partial charge in [-0.1, -0.05) is 12.1 Å². The van der Waals surface area contributed by atoms with E-state index in [-0.39, 0.29) is 43.4 Å². The number of carbonyl (C=O) groups is 1. The molecular formula is C23H28F4N4O. The standard InChI is InChI=1S/C23H28F4N4O/c1-29-20-12-21(31(2)13-14-3-7-16(24)8-4-14)18(11-19(20)28)22(32)30-17-9-5-15(6-10-17)23(25,26)27/h3-4,7-8,11-12,15,17,29H,5-6,9-10,13,28H2,1-2H3,(H,30,32). The second kappa shape index (κ2) is 9.67. The summed E-state index contributed by atoms with van der Waals surface area (Å²) in [6.07, 6.45) is -3.62. The van der Waals surface area contributed by atoms with Gasteiger partial charge in [-0.2, -0.15) is 13.2 Å². The molecule has 174 valence electrons. The quantitative estimate of drug-likeness (QED) is 0.429. The summed E-state index contributed by atoms with van der Waals surface area (Å²) in [5.74, 6) is -2.02. The van der Waals surface area contributed by atoms with Crippen LogP contribution in [0.1, 0.15) is 41.6 Å². The van der Waals surface area contributed by atoms with Crippen molar-refractivity contribution in [3.63, 3.8) is 0 Å². The van der Waals surface area contributed by atoms with Crippen LogP contribution in [0.4, 0.5) is 34.6 Å². The van der Waals surface area contributed by atoms with Crippen molar-refractivity contribution in [3.8, 4) is 0 Å². The summed E-state index contributed by atoms with van der Waals surface area (Å²) >= 11 is 0. The monoisotopic (exact) mass is 452 g/mol. The number of rotatable bonds is 6. The lowest BCUT2D eigenvalue weighted by Crippen LogP contribution is -2.40. The van der Waals surface area contributed by atoms with E-state index in [4.69, 9.17) is 5.73 Å². The number of nitrogens with two attached hydrogens (primary N) is 1. The number of anilines is 3. The third-order valence-corrected chi connectivity index (χ3v) is 5.95. The Morgan fingerprint density at radius 1 is 1.12 bits per heavy atom. The number of carbonyl (C=O) groups excluding carboxylic acids is 1. The first kappa shape index (κ1) is 23.7. The fraction of sp³-hybridized carbons (Fsp3) is 0.435. The largest absolute Gasteiger partial charge is 0.397 e. The van der Waals surface area contributed by atoms with Gasteiger partial charge in [-0.15, -0.1) is 0 Å². The summed E-state index contributed by atoms with van der Waals surface area (Å²) in [4.78, 5) is 14.9. The van der Waals surface area contributed by atoms with E-state index in [1.54, 1.807) is 38.4 Å². The summed E-state index contributed by atoms with van der Waals surface area (Å²) in [5, 5.41) is 5.87. The Morgan fingerprint density at radius 3 is 2.31 bits per heavy atom. The van der Waals surface area contributed by atoms with Gasteiger partial charge >= 0.3 is 6.18 Å². The van der Waals surface area contributed by atoms with Crippen molar-refractivity contribution in [2.75, 3.05) is 30.0 Å². The number of nitrogens with one attached hydrogen (secondary N) is 2. The molecule has 2 aromatic rings. The first-order valence-electron chi connectivity index (χ1n) is 10.5. The molecule has 1 aliphatic rings. The van der Waals surface area contributed by atoms with Crippen molar-refractivity contribution in [3.05, 3.63) is 53.3 Å². The van der Waals surface area contributed by atoms with E-state index in [0.29, 0.717) is 29.2 Å². The molecule has 0 spiro atoms. The molecule has 0 bridgehead atoms. The molecule has 1 amide bonds. The number of alkyl halides is 3. The number of benzene rings is 2. The van der Waals surface area contributed by atoms with Crippen LogP contribution in [-0.4, -0.2) is 32.2 Å². The molecule has 1 aliphatic carbocycles. The zero-order valence-corrected chi connectivity index (χ0v) is 18.1. The molecular weight excluding hydrogens is 424 g/mol. The first-order chi connectivity index (χ1) is 15.1. The zero-order valence-electron chi connectivity index (χ0n) is 18.1. The minimum atomic E-state index is -4.19. The van der Waals surface area contributed by atoms with Crippen LogP contribution < -0.4 is 21.3 Å². The van der Waals surface area contributed by atoms with Crippen LogP contribution in [0.5, 0.6) is 0 Å². The van der Waals surface area contributed by atoms with Crippen molar-refractivity contribution in [1.82, 2.24) is 5.32 Å². The van der Waals surface area contributed by atoms with Gasteiger partial charge in [0.15, 0.2) is 0 Å². The Morgan fingerprint density at radius 2 is 1.75 bits per heavy atom. The topological polar surface area (TPSA) is 70.4 Å². The maximum Gasteiger partial charge on any atom is 0.391 e. The van der Waals surface area contributed by atoms with Gasteiger partial charge in [0.05, 0.1) is 28.5 Å². The number of amides is 1. The van der Waals surface area contributed by atoms with Gasteiger partial charge in [-0.25, -0.2) is 4.39 Å². The third-order valence-electron chi connectivity index (χ3n) is 5.95. The molecule has 5 nitrogen and oxygen atoms in total. The molecule has 1 fully saturated rings. The lowest BCUT2D eigenvalue weighted by Gasteiger charge is -2.31. The summed E-state index contributed by atoms with van der Waals surface area (Å²) < 4.78 is 52.0. The Hall–Kier alpha value is -2.97. The highest BCUT2D eigenvalue weighted by Crippen LogP contribution is 2.38. The van der Waals surface area contributed by atoms with Gasteiger partial charge in [0.25, 0.3) is 5.91 Å². The van der Waals surface area contributed by atoms with E-state index in [9.17, 15) is 22.4 Å². The molecule has 3 rings (SSSR count). The van der Waals surface area contributed by atoms with E-state index in [1.807, 2.05) is 4.90 Å². The zero-order chi connectivity index (χ0) is 23.5. The molecule has 9 heteroatoms. The van der Waals surface area contributed by atoms with Gasteiger partial charge < -0.3 is 21.3 Å². The number of hydrogen-bond donors (Lipinski definition) is 3. The smallest absolute Gasteiger partial charge is 0.391 e. The fourth-order valence-electron chi connectivity index (χ4n) is 4.10. The minimum Gasteiger partial charge on any atom is -0.397 e. The van der Waals surface area contributed by atoms with Crippen molar-refractivity contribution in [2.45, 2.75) is 44.4 Å². The predicted octanol–water partition coefficient (Wildman–Crippen LogP) is 4.94. The second-order valence-corrected chi connectivity index (χ2v) is 8.25. The first-order valence-corrected chi connectivity index (χ1v) is 10.5. The highest BCUT2D eigenvalue weighted by molar-refractivity contribution is 6.02. The van der Waals surface area contributed by atoms with E-state index in [2.05, 4.69) is 10.6 Å². The summed E-state index contributed by atoms with van der Waals surface area (Å²) in [6, 6.07) is 9.09. The molecule has 0 heterocycles. The van der Waals surface area contributed by atoms with Gasteiger partial charge in [-0.05, 0) is 55.5 Å². The van der Waals surface area contributed by atoms with Crippen LogP contribution in [0.3, 0.4) is 0 Å². The third kappa shape index (κ3) is 5.63. The second-order valence-electron chi connectivity index (χ2n) is 8.25. The van der Waals surface area contributed by atoms with Crippen molar-refractivity contribution in [2.24, 2.45) is 5.92 Å². The fourth-order valence-corrected chi connectivity index (χ4v) is 4.10. The number of hydrogen-bond acceptors (Lipinski definition) is 4. The van der Waals surface area contributed by atoms with Crippen LogP contribution in [-0.2, 0) is 6.54 Å². The molecule has 0 unspecified atom stereocenters. The molecule has 0 radical (unpaired) electrons. The summed E-state index contributed by atoms with van der Waals surface area (Å²) in [7, 11) is 3.52. The lowest BCUT2D eigenvalue weighted by molar-refractivity contribution is -0.182. The van der Waals surface area contributed by atoms with Gasteiger partial charge in [0.2, 0.25) is 0 Å². The van der Waals surface area contributed by atoms with E-state index in [0.717, 1.165) is 5.56 Å². The summed E-state index contributed by atoms with van der Waals surface area (Å²) in [6.45, 7) is 0.421. The molecule has 1 saturated carbocycles. The lowest BCUT2D eigenvalue weighted by atomic mass is 9.85. The minimum absolute atomic E-state index is 0.00655. The Bertz CT molecular complexity index is 938. The van der Waals surface area contributed by atoms with Crippen molar-refractivity contribution < 1.29 is 22.4 Å². The Kier molecular flexibility index (Phi) is 7.16. The summed E-state index contributed by atoms with van der Waals surface area (Å²) in [5.41, 5.74) is 8.91. The Labute approximate surface area is 185 Å². The van der Waals surface area contributed by atoms with Crippen LogP contribution >= 0.6 is 0 Å². The number of nitrogen functional groups attached to an aromatic ring is 1. The Balaban J connectivity index is 1.78. The number of halogens is 4. The highest BCUT2D eigenvalue weighted by Gasteiger charge is 2.41. The van der Waals surface area contributed by atoms with Gasteiger partial charge in [0.1, 0.15) is 5.82 Å². The molecule has 0 saturated heterocycles. The average Bonchev–Trinajstić information content (AvgIpc) is 2.74. The van der Waals surface area contributed by atoms with Crippen LogP contribution in [0, 0.1) is 11.7 Å². The molecule has 4 N–H and O–H groups in total. The number of nitrogens with zero attached hydrogens (tertiary/aromatic N) is 1. The van der Waals surface area contributed by atoms with Crippen molar-refractivity contribution in [1.29, 1.82) is 0 Å². The van der Waals surface area contributed by atoms with Gasteiger partial charge in [-0.3, -0.25) is 4.79 Å². The van der Waals surface area contributed by atoms with E-state index >= 15 is 0 Å². The molecule has 2 aromatic carbocycles. The molecule has 32 heavy (non-hydrogen) atoms. The molecule has 0 aromatic heterocycles. The van der Waals surface area contributed by atoms with Crippen LogP contribution in [0.15, 0.2) is 36.4 Å². The van der Waals surface area contributed by atoms with Crippen LogP contribution in [0.25, 0.3) is 0 Å². The molecule has 0 aliphatic heterocycles. The van der Waals surface area contributed by atoms with E-state index < -0.39 is 12.1 Å². The highest BCUT2D eigenvalue weighted by atomic mass is 19.4. The van der Waals surface area contributed by atoms with Crippen molar-refractivity contribution >= 4 is 23.0 Å². The average molecular weight is 452 g/mol. The normalized spacial score (nSPS) is 18.8. The SMILES string of the molecule is CNc1cc(N(C)Cc2ccc(F)cc2)c(C(=O)NC2CCC(C(F)(F)F)CC2)cc1N. The predicted molar refractivity (Wildman–Crippen MR) is 118 cm³/mol.